The van der Waals surface area contributed by atoms with E-state index in [1.165, 1.54) is 31.5 Å². The highest BCUT2D eigenvalue weighted by Gasteiger charge is 2.36. The predicted octanol–water partition coefficient (Wildman–Crippen LogP) is 2.65. The first-order chi connectivity index (χ1) is 13.9. The average molecular weight is 413 g/mol. The molecule has 0 aromatic heterocycles. The van der Waals surface area contributed by atoms with Gasteiger partial charge in [-0.2, -0.15) is 5.10 Å². The summed E-state index contributed by atoms with van der Waals surface area (Å²) >= 11 is 0. The molecule has 0 aliphatic carbocycles. The molecule has 0 saturated carbocycles. The van der Waals surface area contributed by atoms with E-state index in [2.05, 4.69) is 10.5 Å². The van der Waals surface area contributed by atoms with E-state index in [1.807, 2.05) is 12.1 Å². The molecule has 7 nitrogen and oxygen atoms in total. The smallest absolute Gasteiger partial charge is 0.265 e. The number of benzene rings is 3. The van der Waals surface area contributed by atoms with Crippen LogP contribution in [0.3, 0.4) is 0 Å². The van der Waals surface area contributed by atoms with Gasteiger partial charge in [0.15, 0.2) is 11.6 Å². The Balaban J connectivity index is 1.51. The van der Waals surface area contributed by atoms with Crippen molar-refractivity contribution in [2.24, 2.45) is 5.10 Å². The summed E-state index contributed by atoms with van der Waals surface area (Å²) in [6.07, 6.45) is 1.26. The topological polar surface area (TPSA) is 88.1 Å². The molecule has 1 heterocycles. The molecule has 0 spiro atoms. The monoisotopic (exact) mass is 413 g/mol. The first-order valence-electron chi connectivity index (χ1n) is 8.62. The van der Waals surface area contributed by atoms with Gasteiger partial charge in [0.1, 0.15) is 6.54 Å². The number of carbonyl (C=O) groups is 1. The third kappa shape index (κ3) is 3.29. The van der Waals surface area contributed by atoms with Crippen molar-refractivity contribution in [2.75, 3.05) is 18.0 Å². The van der Waals surface area contributed by atoms with Crippen molar-refractivity contribution in [3.63, 3.8) is 0 Å². The van der Waals surface area contributed by atoms with Crippen molar-refractivity contribution in [1.82, 2.24) is 5.43 Å². The molecule has 0 unspecified atom stereocenters. The van der Waals surface area contributed by atoms with Crippen LogP contribution in [0, 0.1) is 5.82 Å². The molecular formula is C20H16FN3O4S. The van der Waals surface area contributed by atoms with Gasteiger partial charge >= 0.3 is 0 Å². The first kappa shape index (κ1) is 18.9. The lowest BCUT2D eigenvalue weighted by Gasteiger charge is -2.17. The molecule has 9 heteroatoms. The highest BCUT2D eigenvalue weighted by atomic mass is 32.2. The number of hydrazone groups is 1. The van der Waals surface area contributed by atoms with E-state index in [-0.39, 0.29) is 10.6 Å². The fourth-order valence-corrected chi connectivity index (χ4v) is 4.90. The third-order valence-electron chi connectivity index (χ3n) is 4.55. The Morgan fingerprint density at radius 1 is 1.21 bits per heavy atom. The minimum atomic E-state index is -3.83. The van der Waals surface area contributed by atoms with Crippen LogP contribution in [0.25, 0.3) is 10.8 Å². The molecule has 0 atom stereocenters. The van der Waals surface area contributed by atoms with Gasteiger partial charge in [0.25, 0.3) is 15.9 Å². The summed E-state index contributed by atoms with van der Waals surface area (Å²) in [4.78, 5) is 12.5. The molecule has 1 N–H and O–H groups in total. The van der Waals surface area contributed by atoms with Crippen molar-refractivity contribution in [3.8, 4) is 5.75 Å². The Hall–Kier alpha value is -3.46. The van der Waals surface area contributed by atoms with Gasteiger partial charge in [-0.3, -0.25) is 9.10 Å². The number of nitrogens with one attached hydrogen (secondary N) is 1. The number of hydrogen-bond acceptors (Lipinski definition) is 5. The summed E-state index contributed by atoms with van der Waals surface area (Å²) in [5, 5.41) is 5.15. The number of halogens is 1. The van der Waals surface area contributed by atoms with E-state index >= 15 is 0 Å². The van der Waals surface area contributed by atoms with E-state index < -0.39 is 28.3 Å². The van der Waals surface area contributed by atoms with Crippen molar-refractivity contribution < 1.29 is 22.3 Å². The maximum Gasteiger partial charge on any atom is 0.265 e. The van der Waals surface area contributed by atoms with Crippen LogP contribution >= 0.6 is 0 Å². The zero-order valence-corrected chi connectivity index (χ0v) is 16.1. The third-order valence-corrected chi connectivity index (χ3v) is 6.35. The van der Waals surface area contributed by atoms with Crippen molar-refractivity contribution in [2.45, 2.75) is 4.90 Å². The Morgan fingerprint density at radius 2 is 1.97 bits per heavy atom. The Labute approximate surface area is 166 Å². The average Bonchev–Trinajstić information content (AvgIpc) is 2.91. The van der Waals surface area contributed by atoms with Crippen LogP contribution in [0.15, 0.2) is 64.6 Å². The molecule has 1 aliphatic rings. The molecule has 148 valence electrons. The van der Waals surface area contributed by atoms with Gasteiger partial charge in [-0.1, -0.05) is 24.3 Å². The van der Waals surface area contributed by atoms with Gasteiger partial charge in [0.2, 0.25) is 0 Å². The Morgan fingerprint density at radius 3 is 2.69 bits per heavy atom. The lowest BCUT2D eigenvalue weighted by Crippen LogP contribution is -2.37. The lowest BCUT2D eigenvalue weighted by atomic mass is 10.1. The molecule has 0 bridgehead atoms. The number of hydrogen-bond donors (Lipinski definition) is 1. The van der Waals surface area contributed by atoms with E-state index in [0.29, 0.717) is 16.6 Å². The SMILES string of the molecule is COc1ccc(/C=N\NC(=O)CN2c3cccc4cccc(c34)S2(=O)=O)cc1F. The predicted molar refractivity (Wildman–Crippen MR) is 107 cm³/mol. The van der Waals surface area contributed by atoms with E-state index in [9.17, 15) is 17.6 Å². The molecule has 4 rings (SSSR count). The summed E-state index contributed by atoms with van der Waals surface area (Å²) in [5.41, 5.74) is 3.14. The van der Waals surface area contributed by atoms with Crippen LogP contribution < -0.4 is 14.5 Å². The number of anilines is 1. The second-order valence-corrected chi connectivity index (χ2v) is 8.16. The lowest BCUT2D eigenvalue weighted by molar-refractivity contribution is -0.119. The van der Waals surface area contributed by atoms with Gasteiger partial charge in [-0.15, -0.1) is 0 Å². The molecule has 0 fully saturated rings. The standard InChI is InChI=1S/C20H16FN3O4S/c1-28-17-9-8-13(10-15(17)21)11-22-23-19(25)12-24-16-6-2-4-14-5-3-7-18(20(14)16)29(24,26)27/h2-11H,12H2,1H3,(H,23,25)/b22-11-. The fraction of sp³-hybridized carbons (Fsp3) is 0.100. The van der Waals surface area contributed by atoms with Gasteiger partial charge in [-0.05, 0) is 41.3 Å². The summed E-state index contributed by atoms with van der Waals surface area (Å²) in [6, 6.07) is 14.4. The molecule has 1 aliphatic heterocycles. The number of ether oxygens (including phenoxy) is 1. The number of sulfonamides is 1. The van der Waals surface area contributed by atoms with Gasteiger partial charge < -0.3 is 4.74 Å². The van der Waals surface area contributed by atoms with Crippen LogP contribution in [0.1, 0.15) is 5.56 Å². The molecule has 0 saturated heterocycles. The molecule has 0 radical (unpaired) electrons. The number of rotatable bonds is 5. The normalized spacial score (nSPS) is 14.5. The molecule has 1 amide bonds. The van der Waals surface area contributed by atoms with Crippen LogP contribution in [-0.4, -0.2) is 34.2 Å². The second kappa shape index (κ2) is 7.17. The quantitative estimate of drug-likeness (QED) is 0.515. The highest BCUT2D eigenvalue weighted by molar-refractivity contribution is 7.93. The second-order valence-electron chi connectivity index (χ2n) is 6.33. The Bertz CT molecular complexity index is 1250. The van der Waals surface area contributed by atoms with Crippen molar-refractivity contribution in [3.05, 3.63) is 66.0 Å². The van der Waals surface area contributed by atoms with Gasteiger partial charge in [0.05, 0.1) is 23.9 Å². The summed E-state index contributed by atoms with van der Waals surface area (Å²) < 4.78 is 45.3. The molecule has 3 aromatic rings. The number of nitrogens with zero attached hydrogens (tertiary/aromatic N) is 2. The number of amides is 1. The molecule has 29 heavy (non-hydrogen) atoms. The summed E-state index contributed by atoms with van der Waals surface area (Å²) in [5.74, 6) is -1.08. The molecular weight excluding hydrogens is 397 g/mol. The van der Waals surface area contributed by atoms with Crippen molar-refractivity contribution >= 4 is 38.6 Å². The van der Waals surface area contributed by atoms with Crippen LogP contribution in [0.5, 0.6) is 5.75 Å². The van der Waals surface area contributed by atoms with Gasteiger partial charge in [0, 0.05) is 5.39 Å². The maximum atomic E-state index is 13.7. The van der Waals surface area contributed by atoms with Crippen molar-refractivity contribution in [1.29, 1.82) is 0 Å². The number of methoxy groups -OCH3 is 1. The zero-order chi connectivity index (χ0) is 20.6. The first-order valence-corrected chi connectivity index (χ1v) is 10.1. The van der Waals surface area contributed by atoms with E-state index in [0.717, 1.165) is 9.69 Å². The highest BCUT2D eigenvalue weighted by Crippen LogP contribution is 2.41. The minimum Gasteiger partial charge on any atom is -0.494 e. The maximum absolute atomic E-state index is 13.7. The van der Waals surface area contributed by atoms with Crippen LogP contribution in [-0.2, 0) is 14.8 Å². The van der Waals surface area contributed by atoms with E-state index in [4.69, 9.17) is 4.74 Å². The largest absolute Gasteiger partial charge is 0.494 e. The zero-order valence-electron chi connectivity index (χ0n) is 15.3. The van der Waals surface area contributed by atoms with Crippen LogP contribution in [0.4, 0.5) is 10.1 Å². The summed E-state index contributed by atoms with van der Waals surface area (Å²) in [6.45, 7) is -0.426. The Kier molecular flexibility index (Phi) is 4.67. The van der Waals surface area contributed by atoms with E-state index in [1.54, 1.807) is 24.3 Å². The van der Waals surface area contributed by atoms with Crippen LogP contribution in [0.2, 0.25) is 0 Å². The van der Waals surface area contributed by atoms with Gasteiger partial charge in [-0.25, -0.2) is 18.2 Å². The molecule has 3 aromatic carbocycles. The number of carbonyl (C=O) groups excluding carboxylic acids is 1. The minimum absolute atomic E-state index is 0.0965. The summed E-state index contributed by atoms with van der Waals surface area (Å²) in [7, 11) is -2.47. The fourth-order valence-electron chi connectivity index (χ4n) is 3.24.